The number of imidazole rings is 1. The molecule has 14 N–H and O–H groups in total. The molecule has 7 amide bonds. The molecule has 2 heterocycles. The SMILES string of the molecule is CC1NC(=O)C(Cc2cnc[nH]2)NC(=O)C(CCCCN)NC(=O)C(N)CSSCC(C(=O)O)NC(=O)C(CC(=O)O)NC(=O)C(C(C)C)NC(=O)C(C(C)C)NC1=O. The Morgan fingerprint density at radius 3 is 1.83 bits per heavy atom. The van der Waals surface area contributed by atoms with E-state index in [-0.39, 0.29) is 24.3 Å². The van der Waals surface area contributed by atoms with Gasteiger partial charge in [0.15, 0.2) is 0 Å². The first kappa shape index (κ1) is 50.2. The molecule has 1 aromatic rings. The van der Waals surface area contributed by atoms with Crippen LogP contribution < -0.4 is 48.7 Å². The minimum Gasteiger partial charge on any atom is -0.481 e. The molecular formula is C35H57N11O11S2. The van der Waals surface area contributed by atoms with E-state index in [0.29, 0.717) is 25.1 Å². The highest BCUT2D eigenvalue weighted by Gasteiger charge is 2.36. The predicted molar refractivity (Wildman–Crippen MR) is 217 cm³/mol. The number of rotatable bonds is 11. The van der Waals surface area contributed by atoms with Crippen LogP contribution in [-0.4, -0.2) is 140 Å². The van der Waals surface area contributed by atoms with Gasteiger partial charge in [0.1, 0.15) is 42.3 Å². The summed E-state index contributed by atoms with van der Waals surface area (Å²) in [5.41, 5.74) is 12.2. The van der Waals surface area contributed by atoms with Crippen LogP contribution in [0.5, 0.6) is 0 Å². The van der Waals surface area contributed by atoms with Crippen molar-refractivity contribution in [1.29, 1.82) is 0 Å². The number of aromatic amines is 1. The van der Waals surface area contributed by atoms with Crippen molar-refractivity contribution in [2.24, 2.45) is 23.3 Å². The Labute approximate surface area is 349 Å². The predicted octanol–water partition coefficient (Wildman–Crippen LogP) is -2.91. The maximum absolute atomic E-state index is 13.7. The number of aromatic nitrogens is 2. The summed E-state index contributed by atoms with van der Waals surface area (Å²) in [6, 6.07) is -10.9. The van der Waals surface area contributed by atoms with E-state index < -0.39 is 120 Å². The maximum Gasteiger partial charge on any atom is 0.327 e. The van der Waals surface area contributed by atoms with Crippen molar-refractivity contribution in [1.82, 2.24) is 47.2 Å². The summed E-state index contributed by atoms with van der Waals surface area (Å²) >= 11 is 0. The quantitative estimate of drug-likeness (QED) is 0.0783. The van der Waals surface area contributed by atoms with Crippen LogP contribution >= 0.6 is 21.6 Å². The van der Waals surface area contributed by atoms with Crippen LogP contribution in [0.15, 0.2) is 12.5 Å². The van der Waals surface area contributed by atoms with E-state index in [1.165, 1.54) is 19.4 Å². The molecule has 0 spiro atoms. The first-order valence-corrected chi connectivity index (χ1v) is 21.5. The number of carboxylic acid groups (broad SMARTS) is 2. The molecule has 1 aliphatic heterocycles. The van der Waals surface area contributed by atoms with E-state index >= 15 is 0 Å². The maximum atomic E-state index is 13.7. The molecular weight excluding hydrogens is 815 g/mol. The summed E-state index contributed by atoms with van der Waals surface area (Å²) in [6.45, 7) is 8.04. The molecule has 22 nitrogen and oxygen atoms in total. The average Bonchev–Trinajstić information content (AvgIpc) is 3.67. The highest BCUT2D eigenvalue weighted by molar-refractivity contribution is 8.76. The molecule has 0 bridgehead atoms. The Bertz CT molecular complexity index is 1630. The minimum atomic E-state index is -1.76. The molecule has 0 radical (unpaired) electrons. The van der Waals surface area contributed by atoms with E-state index in [9.17, 15) is 53.4 Å². The number of aliphatic carboxylic acids is 2. The number of hydrogen-bond donors (Lipinski definition) is 12. The van der Waals surface area contributed by atoms with E-state index in [2.05, 4.69) is 47.2 Å². The lowest BCUT2D eigenvalue weighted by Crippen LogP contribution is -2.61. The second-order valence-corrected chi connectivity index (χ2v) is 17.2. The highest BCUT2D eigenvalue weighted by atomic mass is 33.1. The number of nitrogens with zero attached hydrogens (tertiary/aromatic N) is 1. The van der Waals surface area contributed by atoms with Crippen molar-refractivity contribution >= 4 is 74.9 Å². The number of unbranched alkanes of at least 4 members (excludes halogenated alkanes) is 1. The van der Waals surface area contributed by atoms with Gasteiger partial charge in [0.05, 0.1) is 18.8 Å². The van der Waals surface area contributed by atoms with Crippen LogP contribution in [0.1, 0.15) is 66.0 Å². The van der Waals surface area contributed by atoms with Gasteiger partial charge in [-0.1, -0.05) is 49.3 Å². The zero-order valence-electron chi connectivity index (χ0n) is 33.6. The fourth-order valence-electron chi connectivity index (χ4n) is 5.51. The molecule has 0 aliphatic carbocycles. The number of carbonyl (C=O) groups is 9. The summed E-state index contributed by atoms with van der Waals surface area (Å²) in [6.07, 6.45) is 2.85. The van der Waals surface area contributed by atoms with Crippen molar-refractivity contribution in [2.45, 2.75) is 115 Å². The number of H-pyrrole nitrogens is 1. The first-order chi connectivity index (χ1) is 27.7. The standard InChI is InChI=1S/C35H57N11O11S2/c1-16(2)26-33(54)43-23(11-25(47)48)32(53)44-24(35(56)57)14-59-58-13-20(37)29(50)41-21(8-6-7-9-36)30(51)42-22(10-19-12-38-15-39-19)31(52)40-18(5)28(49)45-27(17(3)4)34(55)46-26/h12,15-18,20-24,26-27H,6-11,13-14,36-37H2,1-5H3,(H,38,39)(H,40,52)(H,41,50)(H,42,51)(H,43,54)(H,44,53)(H,45,49)(H,46,55)(H,47,48)(H,56,57). The molecule has 8 atom stereocenters. The summed E-state index contributed by atoms with van der Waals surface area (Å²) < 4.78 is 0. The van der Waals surface area contributed by atoms with Gasteiger partial charge in [-0.25, -0.2) is 9.78 Å². The average molecular weight is 872 g/mol. The number of hydrogen-bond acceptors (Lipinski definition) is 14. The van der Waals surface area contributed by atoms with Gasteiger partial charge in [-0.05, 0) is 44.6 Å². The number of nitrogens with one attached hydrogen (secondary N) is 8. The van der Waals surface area contributed by atoms with Crippen molar-refractivity contribution in [3.63, 3.8) is 0 Å². The Morgan fingerprint density at radius 1 is 0.729 bits per heavy atom. The summed E-state index contributed by atoms with van der Waals surface area (Å²) in [4.78, 5) is 125. The van der Waals surface area contributed by atoms with E-state index in [0.717, 1.165) is 21.6 Å². The Balaban J connectivity index is 2.53. The molecule has 1 aromatic heterocycles. The summed E-state index contributed by atoms with van der Waals surface area (Å²) in [5, 5.41) is 36.8. The summed E-state index contributed by atoms with van der Waals surface area (Å²) in [5.74, 6) is -10.4. The topological polar surface area (TPSA) is 359 Å². The van der Waals surface area contributed by atoms with Crippen LogP contribution in [0.2, 0.25) is 0 Å². The van der Waals surface area contributed by atoms with Crippen LogP contribution in [0.3, 0.4) is 0 Å². The van der Waals surface area contributed by atoms with Crippen molar-refractivity contribution < 1.29 is 53.4 Å². The zero-order valence-corrected chi connectivity index (χ0v) is 35.2. The Hall–Kier alpha value is -4.94. The third-order valence-corrected chi connectivity index (χ3v) is 11.4. The minimum absolute atomic E-state index is 0.0730. The molecule has 24 heteroatoms. The monoisotopic (exact) mass is 871 g/mol. The fourth-order valence-corrected chi connectivity index (χ4v) is 7.79. The van der Waals surface area contributed by atoms with Gasteiger partial charge >= 0.3 is 11.9 Å². The van der Waals surface area contributed by atoms with Crippen LogP contribution in [-0.2, 0) is 49.6 Å². The number of amides is 7. The van der Waals surface area contributed by atoms with E-state index in [1.54, 1.807) is 27.7 Å². The smallest absolute Gasteiger partial charge is 0.327 e. The Kier molecular flexibility index (Phi) is 21.2. The van der Waals surface area contributed by atoms with Crippen molar-refractivity contribution in [3.8, 4) is 0 Å². The van der Waals surface area contributed by atoms with Crippen LogP contribution in [0.25, 0.3) is 0 Å². The number of carbonyl (C=O) groups excluding carboxylic acids is 7. The summed E-state index contributed by atoms with van der Waals surface area (Å²) in [7, 11) is 1.93. The fraction of sp³-hybridized carbons (Fsp3) is 0.657. The molecule has 1 saturated heterocycles. The van der Waals surface area contributed by atoms with Gasteiger partial charge in [0.2, 0.25) is 41.4 Å². The number of carboxylic acids is 2. The molecule has 330 valence electrons. The third-order valence-electron chi connectivity index (χ3n) is 8.97. The van der Waals surface area contributed by atoms with E-state index in [4.69, 9.17) is 11.5 Å². The van der Waals surface area contributed by atoms with Crippen LogP contribution in [0, 0.1) is 11.8 Å². The molecule has 0 saturated carbocycles. The van der Waals surface area contributed by atoms with Crippen molar-refractivity contribution in [3.05, 3.63) is 18.2 Å². The molecule has 1 fully saturated rings. The van der Waals surface area contributed by atoms with Gasteiger partial charge in [-0.15, -0.1) is 0 Å². The first-order valence-electron chi connectivity index (χ1n) is 19.0. The van der Waals surface area contributed by atoms with Gasteiger partial charge in [0, 0.05) is 29.8 Å². The normalized spacial score (nSPS) is 26.8. The third kappa shape index (κ3) is 17.1. The van der Waals surface area contributed by atoms with Crippen LogP contribution in [0.4, 0.5) is 0 Å². The second kappa shape index (κ2) is 24.9. The highest BCUT2D eigenvalue weighted by Crippen LogP contribution is 2.23. The van der Waals surface area contributed by atoms with Gasteiger partial charge in [0.25, 0.3) is 0 Å². The van der Waals surface area contributed by atoms with Gasteiger partial charge in [-0.3, -0.25) is 38.4 Å². The number of nitrogens with two attached hydrogens (primary N) is 2. The van der Waals surface area contributed by atoms with Gasteiger partial charge in [-0.2, -0.15) is 0 Å². The molecule has 59 heavy (non-hydrogen) atoms. The lowest BCUT2D eigenvalue weighted by Gasteiger charge is -2.29. The van der Waals surface area contributed by atoms with Crippen molar-refractivity contribution in [2.75, 3.05) is 18.1 Å². The zero-order chi connectivity index (χ0) is 44.4. The molecule has 2 rings (SSSR count). The lowest BCUT2D eigenvalue weighted by molar-refractivity contribution is -0.143. The van der Waals surface area contributed by atoms with E-state index in [1.807, 2.05) is 0 Å². The Morgan fingerprint density at radius 2 is 1.27 bits per heavy atom. The molecule has 0 aromatic carbocycles. The largest absolute Gasteiger partial charge is 0.481 e. The van der Waals surface area contributed by atoms with Gasteiger partial charge < -0.3 is 63.9 Å². The molecule has 8 unspecified atom stereocenters. The molecule has 1 aliphatic rings. The lowest BCUT2D eigenvalue weighted by atomic mass is 9.99. The second-order valence-electron chi connectivity index (χ2n) is 14.6.